The number of nitrogens with one attached hydrogen (secondary N) is 3. The van der Waals surface area contributed by atoms with Crippen LogP contribution in [0.3, 0.4) is 0 Å². The third-order valence-electron chi connectivity index (χ3n) is 6.06. The number of quaternary nitrogens is 3. The normalized spacial score (nSPS) is 13.0. The second-order valence-corrected chi connectivity index (χ2v) is 9.01. The zero-order valence-electron chi connectivity index (χ0n) is 21.4. The Labute approximate surface area is 222 Å². The number of hydrogen-bond acceptors (Lipinski definition) is 3. The largest absolute Gasteiger partial charge is 0.416 e. The summed E-state index contributed by atoms with van der Waals surface area (Å²) in [5, 5.41) is 6.12. The van der Waals surface area contributed by atoms with Crippen molar-refractivity contribution in [2.75, 3.05) is 31.5 Å². The molecule has 39 heavy (non-hydrogen) atoms. The highest BCUT2D eigenvalue weighted by molar-refractivity contribution is 6.05. The van der Waals surface area contributed by atoms with Gasteiger partial charge in [0.2, 0.25) is 17.5 Å². The number of amides is 3. The molecule has 2 atom stereocenters. The molecule has 0 radical (unpaired) electrons. The number of nitrogens with zero attached hydrogens (tertiary/aromatic N) is 1. The Bertz CT molecular complexity index is 1300. The van der Waals surface area contributed by atoms with Crippen LogP contribution in [-0.4, -0.2) is 60.9 Å². The number of benzene rings is 2. The molecule has 0 aliphatic heterocycles. The van der Waals surface area contributed by atoms with Gasteiger partial charge in [-0.15, -0.1) is 0 Å². The third kappa shape index (κ3) is 7.96. The van der Waals surface area contributed by atoms with Crippen molar-refractivity contribution in [3.05, 3.63) is 71.9 Å². The number of alkyl halides is 3. The van der Waals surface area contributed by atoms with Gasteiger partial charge >= 0.3 is 6.18 Å². The molecule has 0 aliphatic rings. The van der Waals surface area contributed by atoms with Gasteiger partial charge in [-0.2, -0.15) is 13.2 Å². The maximum Gasteiger partial charge on any atom is 0.416 e. The highest BCUT2D eigenvalue weighted by Gasteiger charge is 2.34. The predicted molar refractivity (Wildman–Crippen MR) is 135 cm³/mol. The molecule has 3 amide bonds. The van der Waals surface area contributed by atoms with Crippen LogP contribution in [0.15, 0.2) is 60.8 Å². The first-order chi connectivity index (χ1) is 18.5. The maximum absolute atomic E-state index is 13.3. The summed E-state index contributed by atoms with van der Waals surface area (Å²) in [4.78, 5) is 43.7. The topological polar surface area (TPSA) is 176 Å². The number of hydrogen-bond donors (Lipinski definition) is 5. The van der Waals surface area contributed by atoms with Gasteiger partial charge in [-0.1, -0.05) is 24.3 Å². The minimum atomic E-state index is -4.51. The van der Waals surface area contributed by atoms with Gasteiger partial charge in [-0.3, -0.25) is 14.4 Å². The number of anilines is 1. The molecule has 13 heteroatoms. The molecule has 1 heterocycles. The summed E-state index contributed by atoms with van der Waals surface area (Å²) < 4.78 is 39.0. The van der Waals surface area contributed by atoms with Crippen LogP contribution in [0.2, 0.25) is 0 Å². The van der Waals surface area contributed by atoms with E-state index >= 15 is 0 Å². The fraction of sp³-hybridized carbons (Fsp3) is 0.308. The van der Waals surface area contributed by atoms with E-state index < -0.39 is 41.5 Å². The second kappa shape index (κ2) is 13.1. The summed E-state index contributed by atoms with van der Waals surface area (Å²) >= 11 is 0. The fourth-order valence-electron chi connectivity index (χ4n) is 4.01. The Hall–Kier alpha value is -4.07. The summed E-state index contributed by atoms with van der Waals surface area (Å²) in [7, 11) is 0. The van der Waals surface area contributed by atoms with Crippen LogP contribution in [-0.2, 0) is 27.0 Å². The number of aromatic nitrogens is 1. The lowest BCUT2D eigenvalue weighted by Crippen LogP contribution is -2.75. The lowest BCUT2D eigenvalue weighted by atomic mass is 10.0. The van der Waals surface area contributed by atoms with Crippen LogP contribution in [0.5, 0.6) is 0 Å². The number of carbonyl (C=O) groups is 3. The summed E-state index contributed by atoms with van der Waals surface area (Å²) in [6.45, 7) is 1.51. The number of rotatable bonds is 11. The molecule has 2 aromatic carbocycles. The molecule has 0 saturated heterocycles. The molecule has 12 N–H and O–H groups in total. The van der Waals surface area contributed by atoms with Crippen LogP contribution < -0.4 is 32.8 Å². The van der Waals surface area contributed by atoms with Gasteiger partial charge in [0.25, 0.3) is 11.8 Å². The van der Waals surface area contributed by atoms with Gasteiger partial charge < -0.3 is 32.7 Å². The maximum atomic E-state index is 13.3. The molecule has 3 aromatic rings. The summed E-state index contributed by atoms with van der Waals surface area (Å²) in [6, 6.07) is 10.9. The van der Waals surface area contributed by atoms with Gasteiger partial charge in [0.15, 0.2) is 6.20 Å². The van der Waals surface area contributed by atoms with Crippen molar-refractivity contribution < 1.29 is 49.7 Å². The molecule has 1 aromatic heterocycles. The Morgan fingerprint density at radius 2 is 1.59 bits per heavy atom. The summed E-state index contributed by atoms with van der Waals surface area (Å²) in [5.41, 5.74) is 12.0. The Morgan fingerprint density at radius 3 is 2.21 bits per heavy atom. The molecular formula is C26H34F3N7O3+4. The molecule has 0 fully saturated rings. The van der Waals surface area contributed by atoms with E-state index in [-0.39, 0.29) is 6.42 Å². The van der Waals surface area contributed by atoms with Crippen LogP contribution in [0, 0.1) is 0 Å². The zero-order valence-corrected chi connectivity index (χ0v) is 21.4. The molecular weight excluding hydrogens is 515 g/mol. The van der Waals surface area contributed by atoms with Gasteiger partial charge in [0.05, 0.1) is 31.7 Å². The van der Waals surface area contributed by atoms with Crippen LogP contribution >= 0.6 is 0 Å². The van der Waals surface area contributed by atoms with E-state index in [1.54, 1.807) is 12.3 Å². The minimum absolute atomic E-state index is 0.116. The van der Waals surface area contributed by atoms with E-state index in [0.29, 0.717) is 37.4 Å². The van der Waals surface area contributed by atoms with E-state index in [9.17, 15) is 27.6 Å². The van der Waals surface area contributed by atoms with Crippen molar-refractivity contribution in [2.45, 2.75) is 24.7 Å². The smallest absolute Gasteiger partial charge is 0.356 e. The quantitative estimate of drug-likeness (QED) is 0.179. The van der Waals surface area contributed by atoms with Crippen LogP contribution in [0.1, 0.15) is 11.1 Å². The molecule has 3 rings (SSSR count). The summed E-state index contributed by atoms with van der Waals surface area (Å²) in [6.07, 6.45) is -3.04. The molecule has 0 bridgehead atoms. The third-order valence-corrected chi connectivity index (χ3v) is 6.06. The average Bonchev–Trinajstić information content (AvgIpc) is 2.91. The van der Waals surface area contributed by atoms with Crippen molar-refractivity contribution >= 4 is 34.3 Å². The van der Waals surface area contributed by atoms with Crippen molar-refractivity contribution in [1.82, 2.24) is 10.2 Å². The van der Waals surface area contributed by atoms with E-state index in [4.69, 9.17) is 0 Å². The first-order valence-corrected chi connectivity index (χ1v) is 12.4. The van der Waals surface area contributed by atoms with E-state index in [0.717, 1.165) is 23.0 Å². The fourth-order valence-corrected chi connectivity index (χ4v) is 4.01. The number of halogens is 3. The number of H-pyrrole nitrogens is 1. The number of aromatic amines is 1. The number of para-hydroxylation sites is 1. The molecule has 208 valence electrons. The second-order valence-electron chi connectivity index (χ2n) is 9.01. The lowest BCUT2D eigenvalue weighted by Gasteiger charge is -2.23. The van der Waals surface area contributed by atoms with Crippen molar-refractivity contribution in [2.24, 2.45) is 0 Å². The molecule has 10 nitrogen and oxygen atoms in total. The molecule has 0 aliphatic carbocycles. The number of fused-ring (bicyclic) bond motifs is 1. The standard InChI is InChI=1S/C26H30F3N7O3/c27-26(28,29)18-7-5-16(6-8-18)13-21(35-24(38)22(32)25(39)36(11-9-30)12-10-31)23(37)34-19-14-17-3-1-2-4-20(17)33-15-19/h1-8,14-15,21-22H,9-13,30-32H2,(H,34,37)(H,35,38)/p+4/t21-,22?/m0/s1. The summed E-state index contributed by atoms with van der Waals surface area (Å²) in [5.74, 6) is -1.92. The van der Waals surface area contributed by atoms with Gasteiger partial charge in [0.1, 0.15) is 11.7 Å². The number of pyridine rings is 1. The first-order valence-electron chi connectivity index (χ1n) is 12.4. The van der Waals surface area contributed by atoms with Gasteiger partial charge in [-0.05, 0) is 29.8 Å². The lowest BCUT2D eigenvalue weighted by molar-refractivity contribution is -0.395. The SMILES string of the molecule is [NH3+]CCN(CC[NH3+])C(=O)C([NH3+])C(=O)N[C@@H](Cc1ccc(C(F)(F)F)cc1)C(=O)Nc1c[nH+]c2ccccc2c1. The first kappa shape index (κ1) is 29.5. The van der Waals surface area contributed by atoms with Crippen molar-refractivity contribution in [1.29, 1.82) is 0 Å². The highest BCUT2D eigenvalue weighted by atomic mass is 19.4. The van der Waals surface area contributed by atoms with E-state index in [2.05, 4.69) is 32.8 Å². The zero-order chi connectivity index (χ0) is 28.6. The van der Waals surface area contributed by atoms with E-state index in [1.807, 2.05) is 24.3 Å². The highest BCUT2D eigenvalue weighted by Crippen LogP contribution is 2.29. The van der Waals surface area contributed by atoms with Gasteiger partial charge in [-0.25, -0.2) is 4.98 Å². The average molecular weight is 550 g/mol. The van der Waals surface area contributed by atoms with E-state index in [1.165, 1.54) is 17.0 Å². The Morgan fingerprint density at radius 1 is 0.949 bits per heavy atom. The van der Waals surface area contributed by atoms with Gasteiger partial charge in [0, 0.05) is 17.9 Å². The van der Waals surface area contributed by atoms with Crippen molar-refractivity contribution in [3.63, 3.8) is 0 Å². The molecule has 0 spiro atoms. The predicted octanol–water partition coefficient (Wildman–Crippen LogP) is -1.74. The van der Waals surface area contributed by atoms with Crippen molar-refractivity contribution in [3.8, 4) is 0 Å². The Balaban J connectivity index is 1.82. The Kier molecular flexibility index (Phi) is 9.93. The minimum Gasteiger partial charge on any atom is -0.356 e. The molecule has 1 unspecified atom stereocenters. The number of carbonyl (C=O) groups excluding carboxylic acids is 3. The molecule has 0 saturated carbocycles. The van der Waals surface area contributed by atoms with Crippen LogP contribution in [0.25, 0.3) is 10.9 Å². The van der Waals surface area contributed by atoms with Crippen LogP contribution in [0.4, 0.5) is 18.9 Å². The monoisotopic (exact) mass is 549 g/mol.